The largest absolute Gasteiger partial charge is 0.496 e. The zero-order valence-electron chi connectivity index (χ0n) is 14.4. The van der Waals surface area contributed by atoms with E-state index in [0.29, 0.717) is 11.5 Å². The fourth-order valence-corrected chi connectivity index (χ4v) is 3.02. The number of ether oxygens (including phenoxy) is 5. The highest BCUT2D eigenvalue weighted by Gasteiger charge is 2.25. The lowest BCUT2D eigenvalue weighted by Crippen LogP contribution is -2.16. The van der Waals surface area contributed by atoms with Crippen LogP contribution in [0.2, 0.25) is 0 Å². The van der Waals surface area contributed by atoms with E-state index < -0.39 is 0 Å². The van der Waals surface area contributed by atoms with Crippen molar-refractivity contribution in [3.8, 4) is 28.7 Å². The molecule has 0 saturated heterocycles. The highest BCUT2D eigenvalue weighted by molar-refractivity contribution is 5.52. The number of rotatable bonds is 5. The molecule has 0 fully saturated rings. The second-order valence-corrected chi connectivity index (χ2v) is 5.57. The van der Waals surface area contributed by atoms with Crippen molar-refractivity contribution in [2.75, 3.05) is 28.4 Å². The van der Waals surface area contributed by atoms with Crippen LogP contribution in [0.4, 0.5) is 0 Å². The van der Waals surface area contributed by atoms with Gasteiger partial charge in [0.1, 0.15) is 23.4 Å². The molecule has 0 N–H and O–H groups in total. The minimum absolute atomic E-state index is 0.0471. The third-order valence-corrected chi connectivity index (χ3v) is 4.30. The topological polar surface area (TPSA) is 46.2 Å². The van der Waals surface area contributed by atoms with Crippen LogP contribution in [0, 0.1) is 0 Å². The van der Waals surface area contributed by atoms with Gasteiger partial charge in [-0.05, 0) is 30.5 Å². The van der Waals surface area contributed by atoms with Crippen LogP contribution in [0.5, 0.6) is 28.7 Å². The molecule has 1 aliphatic rings. The molecule has 24 heavy (non-hydrogen) atoms. The maximum Gasteiger partial charge on any atom is 0.161 e. The summed E-state index contributed by atoms with van der Waals surface area (Å²) in [6.45, 7) is 0. The van der Waals surface area contributed by atoms with Crippen LogP contribution in [0.25, 0.3) is 0 Å². The van der Waals surface area contributed by atoms with E-state index in [-0.39, 0.29) is 6.10 Å². The molecule has 2 aromatic carbocycles. The van der Waals surface area contributed by atoms with Crippen molar-refractivity contribution in [2.24, 2.45) is 0 Å². The second kappa shape index (κ2) is 6.91. The fourth-order valence-electron chi connectivity index (χ4n) is 3.02. The average Bonchev–Trinajstić information content (AvgIpc) is 2.65. The van der Waals surface area contributed by atoms with Crippen molar-refractivity contribution < 1.29 is 23.7 Å². The Labute approximate surface area is 142 Å². The standard InChI is InChI=1S/C19H22O5/c1-20-13-10-17(22-3)14-6-8-15(24-18(14)11-13)12-5-7-16(21-2)19(9-12)23-4/h5,7,9-11,15H,6,8H2,1-4H3. The zero-order chi connectivity index (χ0) is 17.1. The van der Waals surface area contributed by atoms with Gasteiger partial charge in [0.05, 0.1) is 28.4 Å². The third kappa shape index (κ3) is 2.94. The van der Waals surface area contributed by atoms with E-state index >= 15 is 0 Å². The Morgan fingerprint density at radius 3 is 2.25 bits per heavy atom. The minimum atomic E-state index is -0.0471. The monoisotopic (exact) mass is 330 g/mol. The summed E-state index contributed by atoms with van der Waals surface area (Å²) in [5.74, 6) is 3.74. The van der Waals surface area contributed by atoms with E-state index in [1.807, 2.05) is 30.3 Å². The van der Waals surface area contributed by atoms with Crippen LogP contribution in [0.1, 0.15) is 23.7 Å². The Balaban J connectivity index is 1.92. The predicted molar refractivity (Wildman–Crippen MR) is 90.8 cm³/mol. The molecule has 0 aliphatic carbocycles. The summed E-state index contributed by atoms with van der Waals surface area (Å²) in [4.78, 5) is 0. The third-order valence-electron chi connectivity index (χ3n) is 4.30. The summed E-state index contributed by atoms with van der Waals surface area (Å²) in [6.07, 6.45) is 1.70. The molecule has 5 nitrogen and oxygen atoms in total. The van der Waals surface area contributed by atoms with Gasteiger partial charge in [-0.2, -0.15) is 0 Å². The smallest absolute Gasteiger partial charge is 0.161 e. The SMILES string of the molecule is COc1cc(OC)c2c(c1)OC(c1ccc(OC)c(OC)c1)CC2. The molecular formula is C19H22O5. The molecule has 2 aromatic rings. The van der Waals surface area contributed by atoms with Gasteiger partial charge in [-0.1, -0.05) is 6.07 Å². The van der Waals surface area contributed by atoms with Gasteiger partial charge in [0.15, 0.2) is 11.5 Å². The van der Waals surface area contributed by atoms with Gasteiger partial charge in [0.25, 0.3) is 0 Å². The van der Waals surface area contributed by atoms with E-state index in [1.54, 1.807) is 28.4 Å². The first kappa shape index (κ1) is 16.3. The Morgan fingerprint density at radius 2 is 1.58 bits per heavy atom. The molecule has 128 valence electrons. The summed E-state index contributed by atoms with van der Waals surface area (Å²) < 4.78 is 27.7. The molecule has 1 unspecified atom stereocenters. The van der Waals surface area contributed by atoms with Crippen molar-refractivity contribution in [1.82, 2.24) is 0 Å². The van der Waals surface area contributed by atoms with E-state index in [9.17, 15) is 0 Å². The number of fused-ring (bicyclic) bond motifs is 1. The number of benzene rings is 2. The van der Waals surface area contributed by atoms with Crippen LogP contribution < -0.4 is 23.7 Å². The van der Waals surface area contributed by atoms with Crippen LogP contribution in [-0.4, -0.2) is 28.4 Å². The van der Waals surface area contributed by atoms with Gasteiger partial charge in [0.2, 0.25) is 0 Å². The molecular weight excluding hydrogens is 308 g/mol. The minimum Gasteiger partial charge on any atom is -0.496 e. The van der Waals surface area contributed by atoms with Gasteiger partial charge in [0, 0.05) is 17.7 Å². The van der Waals surface area contributed by atoms with Gasteiger partial charge < -0.3 is 23.7 Å². The second-order valence-electron chi connectivity index (χ2n) is 5.57. The van der Waals surface area contributed by atoms with Gasteiger partial charge in [-0.25, -0.2) is 0 Å². The first-order valence-electron chi connectivity index (χ1n) is 7.83. The van der Waals surface area contributed by atoms with Crippen LogP contribution >= 0.6 is 0 Å². The van der Waals surface area contributed by atoms with Crippen molar-refractivity contribution in [2.45, 2.75) is 18.9 Å². The molecule has 0 spiro atoms. The van der Waals surface area contributed by atoms with Crippen LogP contribution in [-0.2, 0) is 6.42 Å². The Bertz CT molecular complexity index is 726. The number of methoxy groups -OCH3 is 4. The molecule has 1 atom stereocenters. The van der Waals surface area contributed by atoms with E-state index in [0.717, 1.165) is 41.2 Å². The normalized spacial score (nSPS) is 15.9. The van der Waals surface area contributed by atoms with E-state index in [4.69, 9.17) is 23.7 Å². The lowest BCUT2D eigenvalue weighted by atomic mass is 9.96. The molecule has 0 radical (unpaired) electrons. The Morgan fingerprint density at radius 1 is 0.833 bits per heavy atom. The molecule has 3 rings (SSSR count). The summed E-state index contributed by atoms with van der Waals surface area (Å²) in [6, 6.07) is 9.67. The molecule has 1 heterocycles. The predicted octanol–water partition coefficient (Wildman–Crippen LogP) is 3.79. The first-order valence-corrected chi connectivity index (χ1v) is 7.83. The van der Waals surface area contributed by atoms with Gasteiger partial charge in [-0.15, -0.1) is 0 Å². The number of hydrogen-bond acceptors (Lipinski definition) is 5. The summed E-state index contributed by atoms with van der Waals surface area (Å²) in [5.41, 5.74) is 2.13. The summed E-state index contributed by atoms with van der Waals surface area (Å²) >= 11 is 0. The first-order chi connectivity index (χ1) is 11.7. The highest BCUT2D eigenvalue weighted by Crippen LogP contribution is 2.43. The molecule has 5 heteroatoms. The van der Waals surface area contributed by atoms with Crippen molar-refractivity contribution in [3.63, 3.8) is 0 Å². The van der Waals surface area contributed by atoms with Crippen LogP contribution in [0.15, 0.2) is 30.3 Å². The van der Waals surface area contributed by atoms with E-state index in [2.05, 4.69) is 0 Å². The molecule has 0 amide bonds. The molecule has 1 aliphatic heterocycles. The highest BCUT2D eigenvalue weighted by atomic mass is 16.5. The quantitative estimate of drug-likeness (QED) is 0.835. The fraction of sp³-hybridized carbons (Fsp3) is 0.368. The van der Waals surface area contributed by atoms with E-state index in [1.165, 1.54) is 0 Å². The lowest BCUT2D eigenvalue weighted by molar-refractivity contribution is 0.173. The molecule has 0 aromatic heterocycles. The van der Waals surface area contributed by atoms with Gasteiger partial charge in [-0.3, -0.25) is 0 Å². The van der Waals surface area contributed by atoms with Crippen molar-refractivity contribution >= 4 is 0 Å². The summed E-state index contributed by atoms with van der Waals surface area (Å²) in [7, 11) is 6.56. The van der Waals surface area contributed by atoms with Crippen molar-refractivity contribution in [3.05, 3.63) is 41.5 Å². The van der Waals surface area contributed by atoms with Crippen LogP contribution in [0.3, 0.4) is 0 Å². The lowest BCUT2D eigenvalue weighted by Gasteiger charge is -2.28. The summed E-state index contributed by atoms with van der Waals surface area (Å²) in [5, 5.41) is 0. The number of hydrogen-bond donors (Lipinski definition) is 0. The maximum absolute atomic E-state index is 6.22. The van der Waals surface area contributed by atoms with Gasteiger partial charge >= 0.3 is 0 Å². The zero-order valence-corrected chi connectivity index (χ0v) is 14.4. The maximum atomic E-state index is 6.22. The Kier molecular flexibility index (Phi) is 4.69. The molecule has 0 saturated carbocycles. The molecule has 0 bridgehead atoms. The average molecular weight is 330 g/mol. The Hall–Kier alpha value is -2.56. The van der Waals surface area contributed by atoms with Crippen molar-refractivity contribution in [1.29, 1.82) is 0 Å².